The van der Waals surface area contributed by atoms with E-state index in [2.05, 4.69) is 4.57 Å². The molecule has 1 aliphatic heterocycles. The van der Waals surface area contributed by atoms with E-state index in [0.717, 1.165) is 29.8 Å². The fourth-order valence-corrected chi connectivity index (χ4v) is 5.44. The Labute approximate surface area is 187 Å². The van der Waals surface area contributed by atoms with Crippen LogP contribution in [0.4, 0.5) is 9.18 Å². The first kappa shape index (κ1) is 22.3. The smallest absolute Gasteiger partial charge is 0.410 e. The molecule has 0 N–H and O–H groups in total. The summed E-state index contributed by atoms with van der Waals surface area (Å²) in [5, 5.41) is 0.775. The number of hydrogen-bond donors (Lipinski definition) is 0. The molecule has 0 spiro atoms. The largest absolute Gasteiger partial charge is 0.444 e. The second kappa shape index (κ2) is 8.24. The maximum Gasteiger partial charge on any atom is 0.410 e. The van der Waals surface area contributed by atoms with Crippen molar-refractivity contribution in [1.29, 1.82) is 0 Å². The van der Waals surface area contributed by atoms with Crippen LogP contribution in [0.25, 0.3) is 10.9 Å². The van der Waals surface area contributed by atoms with Crippen molar-refractivity contribution in [3.05, 3.63) is 60.5 Å². The minimum absolute atomic E-state index is 0.0626. The highest BCUT2D eigenvalue weighted by molar-refractivity contribution is 7.91. The Morgan fingerprint density at radius 2 is 1.75 bits per heavy atom. The molecule has 0 aliphatic carbocycles. The lowest BCUT2D eigenvalue weighted by Crippen LogP contribution is -2.42. The number of amides is 1. The quantitative estimate of drug-likeness (QED) is 0.542. The van der Waals surface area contributed by atoms with Gasteiger partial charge in [-0.05, 0) is 70.0 Å². The van der Waals surface area contributed by atoms with Gasteiger partial charge in [-0.3, -0.25) is 0 Å². The van der Waals surface area contributed by atoms with Crippen molar-refractivity contribution in [2.45, 2.75) is 55.0 Å². The molecule has 0 saturated carbocycles. The number of carbonyl (C=O) groups is 1. The van der Waals surface area contributed by atoms with Crippen molar-refractivity contribution in [1.82, 2.24) is 9.47 Å². The Bertz CT molecular complexity index is 1250. The zero-order valence-electron chi connectivity index (χ0n) is 18.4. The van der Waals surface area contributed by atoms with Crippen LogP contribution in [0.2, 0.25) is 0 Å². The second-order valence-electron chi connectivity index (χ2n) is 9.08. The maximum atomic E-state index is 14.1. The van der Waals surface area contributed by atoms with E-state index in [1.807, 2.05) is 33.0 Å². The molecule has 0 atom stereocenters. The van der Waals surface area contributed by atoms with Gasteiger partial charge in [0.2, 0.25) is 9.84 Å². The Balaban J connectivity index is 1.53. The van der Waals surface area contributed by atoms with E-state index in [0.29, 0.717) is 13.1 Å². The molecule has 4 rings (SSSR count). The molecule has 2 aromatic carbocycles. The molecule has 170 valence electrons. The molecule has 0 unspecified atom stereocenters. The molecule has 1 aromatic heterocycles. The molecule has 1 saturated heterocycles. The summed E-state index contributed by atoms with van der Waals surface area (Å²) in [7, 11) is -3.95. The van der Waals surface area contributed by atoms with E-state index in [-0.39, 0.29) is 21.9 Å². The zero-order valence-corrected chi connectivity index (χ0v) is 19.2. The van der Waals surface area contributed by atoms with Crippen molar-refractivity contribution >= 4 is 26.8 Å². The van der Waals surface area contributed by atoms with E-state index in [1.165, 1.54) is 24.3 Å². The average molecular weight is 459 g/mol. The summed E-state index contributed by atoms with van der Waals surface area (Å²) in [5.41, 5.74) is 0.388. The number of carbonyl (C=O) groups excluding carboxylic acids is 1. The predicted octanol–water partition coefficient (Wildman–Crippen LogP) is 5.19. The number of hydrogen-bond acceptors (Lipinski definition) is 4. The number of ether oxygens (including phenoxy) is 1. The molecule has 8 heteroatoms. The summed E-state index contributed by atoms with van der Waals surface area (Å²) >= 11 is 0. The molecule has 6 nitrogen and oxygen atoms in total. The lowest BCUT2D eigenvalue weighted by Gasteiger charge is -2.34. The molecular weight excluding hydrogens is 431 g/mol. The normalized spacial score (nSPS) is 15.8. The number of benzene rings is 2. The van der Waals surface area contributed by atoms with Crippen LogP contribution in [0.5, 0.6) is 0 Å². The van der Waals surface area contributed by atoms with Crippen molar-refractivity contribution in [3.8, 4) is 0 Å². The van der Waals surface area contributed by atoms with Gasteiger partial charge in [0.05, 0.1) is 4.90 Å². The Hall–Kier alpha value is -2.87. The van der Waals surface area contributed by atoms with Crippen LogP contribution >= 0.6 is 0 Å². The van der Waals surface area contributed by atoms with Gasteiger partial charge in [0.25, 0.3) is 0 Å². The van der Waals surface area contributed by atoms with Crippen LogP contribution in [0.1, 0.15) is 39.7 Å². The fraction of sp³-hybridized carbons (Fsp3) is 0.375. The first-order chi connectivity index (χ1) is 15.1. The molecule has 3 aromatic rings. The van der Waals surface area contributed by atoms with Crippen LogP contribution in [-0.2, 0) is 14.6 Å². The summed E-state index contributed by atoms with van der Waals surface area (Å²) in [5.74, 6) is -0.762. The van der Waals surface area contributed by atoms with Gasteiger partial charge in [0, 0.05) is 36.2 Å². The lowest BCUT2D eigenvalue weighted by molar-refractivity contribution is 0.0189. The number of nitrogens with zero attached hydrogens (tertiary/aromatic N) is 2. The lowest BCUT2D eigenvalue weighted by atomic mass is 10.0. The number of piperidine rings is 1. The number of sulfone groups is 1. The van der Waals surface area contributed by atoms with Gasteiger partial charge < -0.3 is 14.2 Å². The number of rotatable bonds is 3. The molecular formula is C24H27FN2O4S. The summed E-state index contributed by atoms with van der Waals surface area (Å²) < 4.78 is 47.5. The van der Waals surface area contributed by atoms with Crippen LogP contribution in [0, 0.1) is 5.82 Å². The number of fused-ring (bicyclic) bond motifs is 1. The molecule has 2 heterocycles. The van der Waals surface area contributed by atoms with Crippen molar-refractivity contribution < 1.29 is 22.3 Å². The SMILES string of the molecule is CC(C)(C)OC(=O)N1CCC(n2ccc3cc(S(=O)(=O)c4ccccc4F)ccc32)CC1. The Morgan fingerprint density at radius 3 is 2.41 bits per heavy atom. The third-order valence-electron chi connectivity index (χ3n) is 5.64. The summed E-state index contributed by atoms with van der Waals surface area (Å²) in [6.45, 7) is 6.75. The van der Waals surface area contributed by atoms with Gasteiger partial charge in [-0.1, -0.05) is 12.1 Å². The molecule has 0 bridgehead atoms. The molecule has 1 amide bonds. The van der Waals surface area contributed by atoms with Gasteiger partial charge >= 0.3 is 6.09 Å². The third kappa shape index (κ3) is 4.37. The highest BCUT2D eigenvalue weighted by Gasteiger charge is 2.28. The van der Waals surface area contributed by atoms with Crippen molar-refractivity contribution in [3.63, 3.8) is 0 Å². The highest BCUT2D eigenvalue weighted by atomic mass is 32.2. The van der Waals surface area contributed by atoms with Crippen LogP contribution < -0.4 is 0 Å². The van der Waals surface area contributed by atoms with E-state index in [4.69, 9.17) is 4.74 Å². The van der Waals surface area contributed by atoms with Crippen LogP contribution in [-0.4, -0.2) is 42.7 Å². The number of aromatic nitrogens is 1. The second-order valence-corrected chi connectivity index (χ2v) is 11.0. The molecule has 32 heavy (non-hydrogen) atoms. The van der Waals surface area contributed by atoms with E-state index < -0.39 is 21.3 Å². The predicted molar refractivity (Wildman–Crippen MR) is 120 cm³/mol. The average Bonchev–Trinajstić information content (AvgIpc) is 3.16. The van der Waals surface area contributed by atoms with E-state index in [1.54, 1.807) is 17.0 Å². The Kier molecular flexibility index (Phi) is 5.75. The Morgan fingerprint density at radius 1 is 1.06 bits per heavy atom. The van der Waals surface area contributed by atoms with Crippen LogP contribution in [0.15, 0.2) is 64.5 Å². The topological polar surface area (TPSA) is 68.6 Å². The standard InChI is InChI=1S/C24H27FN2O4S/c1-24(2,3)31-23(28)26-13-11-18(12-14-26)27-15-10-17-16-19(8-9-21(17)27)32(29,30)22-7-5-4-6-20(22)25/h4-10,15-16,18H,11-14H2,1-3H3. The maximum absolute atomic E-state index is 14.1. The molecule has 1 fully saturated rings. The van der Waals surface area contributed by atoms with Gasteiger partial charge in [-0.15, -0.1) is 0 Å². The minimum Gasteiger partial charge on any atom is -0.444 e. The van der Waals surface area contributed by atoms with Crippen molar-refractivity contribution in [2.75, 3.05) is 13.1 Å². The molecule has 0 radical (unpaired) electrons. The van der Waals surface area contributed by atoms with Gasteiger partial charge in [0.1, 0.15) is 16.3 Å². The molecule has 1 aliphatic rings. The van der Waals surface area contributed by atoms with Gasteiger partial charge in [-0.25, -0.2) is 17.6 Å². The first-order valence-electron chi connectivity index (χ1n) is 10.6. The summed E-state index contributed by atoms with van der Waals surface area (Å²) in [6, 6.07) is 12.3. The van der Waals surface area contributed by atoms with Gasteiger partial charge in [0.15, 0.2) is 0 Å². The number of likely N-dealkylation sites (tertiary alicyclic amines) is 1. The third-order valence-corrected chi connectivity index (χ3v) is 7.42. The zero-order chi connectivity index (χ0) is 23.1. The van der Waals surface area contributed by atoms with Crippen molar-refractivity contribution in [2.24, 2.45) is 0 Å². The first-order valence-corrected chi connectivity index (χ1v) is 12.1. The monoisotopic (exact) mass is 458 g/mol. The summed E-state index contributed by atoms with van der Waals surface area (Å²) in [6.07, 6.45) is 3.20. The number of halogens is 1. The van der Waals surface area contributed by atoms with Crippen LogP contribution in [0.3, 0.4) is 0 Å². The highest BCUT2D eigenvalue weighted by Crippen LogP contribution is 2.31. The van der Waals surface area contributed by atoms with Gasteiger partial charge in [-0.2, -0.15) is 0 Å². The fourth-order valence-electron chi connectivity index (χ4n) is 4.07. The van der Waals surface area contributed by atoms with E-state index in [9.17, 15) is 17.6 Å². The minimum atomic E-state index is -3.95. The summed E-state index contributed by atoms with van der Waals surface area (Å²) in [4.78, 5) is 13.8. The van der Waals surface area contributed by atoms with E-state index >= 15 is 0 Å².